The number of nitrogen functional groups attached to an aromatic ring is 1. The molecule has 0 aliphatic rings. The topological polar surface area (TPSA) is 61.3 Å². The molecule has 0 bridgehead atoms. The van der Waals surface area contributed by atoms with Gasteiger partial charge in [0.2, 0.25) is 0 Å². The van der Waals surface area contributed by atoms with Crippen LogP contribution in [-0.2, 0) is 0 Å². The second-order valence-electron chi connectivity index (χ2n) is 3.88. The van der Waals surface area contributed by atoms with Crippen molar-refractivity contribution in [2.24, 2.45) is 5.73 Å². The third-order valence-electron chi connectivity index (χ3n) is 2.79. The Bertz CT molecular complexity index is 497. The minimum absolute atomic E-state index is 0.230. The van der Waals surface area contributed by atoms with E-state index < -0.39 is 0 Å². The molecule has 17 heavy (non-hydrogen) atoms. The summed E-state index contributed by atoms with van der Waals surface area (Å²) < 4.78 is 5.18. The first-order chi connectivity index (χ1) is 8.22. The lowest BCUT2D eigenvalue weighted by Crippen LogP contribution is -2.13. The van der Waals surface area contributed by atoms with Crippen molar-refractivity contribution in [3.63, 3.8) is 0 Å². The molecular weight excluding hydrogens is 212 g/mol. The molecule has 0 fully saturated rings. The highest BCUT2D eigenvalue weighted by Gasteiger charge is 2.12. The first-order valence-corrected chi connectivity index (χ1v) is 5.46. The summed E-state index contributed by atoms with van der Waals surface area (Å²) in [5.74, 6) is 0.764. The zero-order valence-electron chi connectivity index (χ0n) is 9.76. The Morgan fingerprint density at radius 3 is 2.41 bits per heavy atom. The quantitative estimate of drug-likeness (QED) is 0.792. The van der Waals surface area contributed by atoms with Crippen molar-refractivity contribution in [3.8, 4) is 5.75 Å². The summed E-state index contributed by atoms with van der Waals surface area (Å²) in [6.07, 6.45) is 0. The molecule has 2 aromatic carbocycles. The van der Waals surface area contributed by atoms with E-state index in [2.05, 4.69) is 0 Å². The maximum atomic E-state index is 6.21. The number of benzene rings is 2. The maximum Gasteiger partial charge on any atom is 0.119 e. The van der Waals surface area contributed by atoms with Crippen LogP contribution in [0.2, 0.25) is 0 Å². The van der Waals surface area contributed by atoms with E-state index in [-0.39, 0.29) is 6.04 Å². The van der Waals surface area contributed by atoms with Crippen LogP contribution in [-0.4, -0.2) is 7.11 Å². The third-order valence-corrected chi connectivity index (χ3v) is 2.79. The summed E-state index contributed by atoms with van der Waals surface area (Å²) in [6, 6.07) is 15.2. The highest BCUT2D eigenvalue weighted by Crippen LogP contribution is 2.28. The SMILES string of the molecule is COc1ccc(N)c(C(N)c2ccccc2)c1. The molecule has 0 aromatic heterocycles. The predicted molar refractivity (Wildman–Crippen MR) is 69.9 cm³/mol. The minimum Gasteiger partial charge on any atom is -0.497 e. The van der Waals surface area contributed by atoms with Crippen LogP contribution in [0, 0.1) is 0 Å². The van der Waals surface area contributed by atoms with E-state index in [1.807, 2.05) is 48.5 Å². The number of anilines is 1. The van der Waals surface area contributed by atoms with Crippen LogP contribution in [0.3, 0.4) is 0 Å². The Kier molecular flexibility index (Phi) is 3.30. The molecule has 3 heteroatoms. The lowest BCUT2D eigenvalue weighted by molar-refractivity contribution is 0.414. The van der Waals surface area contributed by atoms with E-state index >= 15 is 0 Å². The van der Waals surface area contributed by atoms with E-state index in [1.165, 1.54) is 0 Å². The molecule has 0 aliphatic heterocycles. The van der Waals surface area contributed by atoms with E-state index in [0.717, 1.165) is 16.9 Å². The molecule has 0 saturated heterocycles. The van der Waals surface area contributed by atoms with Gasteiger partial charge in [-0.3, -0.25) is 0 Å². The molecule has 1 unspecified atom stereocenters. The normalized spacial score (nSPS) is 12.1. The fourth-order valence-corrected chi connectivity index (χ4v) is 1.79. The van der Waals surface area contributed by atoms with Gasteiger partial charge in [0.1, 0.15) is 5.75 Å². The molecule has 0 spiro atoms. The first-order valence-electron chi connectivity index (χ1n) is 5.46. The lowest BCUT2D eigenvalue weighted by Gasteiger charge is -2.15. The molecule has 4 N–H and O–H groups in total. The second-order valence-corrected chi connectivity index (χ2v) is 3.88. The maximum absolute atomic E-state index is 6.21. The van der Waals surface area contributed by atoms with Crippen molar-refractivity contribution in [2.45, 2.75) is 6.04 Å². The molecule has 2 rings (SSSR count). The molecule has 0 heterocycles. The van der Waals surface area contributed by atoms with Crippen LogP contribution in [0.4, 0.5) is 5.69 Å². The zero-order valence-corrected chi connectivity index (χ0v) is 9.76. The summed E-state index contributed by atoms with van der Waals surface area (Å²) >= 11 is 0. The van der Waals surface area contributed by atoms with Gasteiger partial charge < -0.3 is 16.2 Å². The van der Waals surface area contributed by atoms with Crippen LogP contribution in [0.5, 0.6) is 5.75 Å². The van der Waals surface area contributed by atoms with E-state index in [1.54, 1.807) is 7.11 Å². The average Bonchev–Trinajstić information content (AvgIpc) is 2.39. The average molecular weight is 228 g/mol. The van der Waals surface area contributed by atoms with Gasteiger partial charge in [-0.2, -0.15) is 0 Å². The van der Waals surface area contributed by atoms with Gasteiger partial charge in [0.05, 0.1) is 13.2 Å². The number of hydrogen-bond donors (Lipinski definition) is 2. The highest BCUT2D eigenvalue weighted by molar-refractivity contribution is 5.54. The van der Waals surface area contributed by atoms with Crippen molar-refractivity contribution in [1.29, 1.82) is 0 Å². The van der Waals surface area contributed by atoms with Crippen LogP contribution >= 0.6 is 0 Å². The van der Waals surface area contributed by atoms with E-state index in [4.69, 9.17) is 16.2 Å². The smallest absolute Gasteiger partial charge is 0.119 e. The highest BCUT2D eigenvalue weighted by atomic mass is 16.5. The standard InChI is InChI=1S/C14H16N2O/c1-17-11-7-8-13(15)12(9-11)14(16)10-5-3-2-4-6-10/h2-9,14H,15-16H2,1H3. The number of ether oxygens (including phenoxy) is 1. The summed E-state index contributed by atoms with van der Waals surface area (Å²) in [5.41, 5.74) is 14.8. The van der Waals surface area contributed by atoms with Crippen LogP contribution < -0.4 is 16.2 Å². The number of nitrogens with two attached hydrogens (primary N) is 2. The van der Waals surface area contributed by atoms with Gasteiger partial charge in [-0.05, 0) is 29.3 Å². The Morgan fingerprint density at radius 1 is 1.06 bits per heavy atom. The fourth-order valence-electron chi connectivity index (χ4n) is 1.79. The van der Waals surface area contributed by atoms with Crippen LogP contribution in [0.1, 0.15) is 17.2 Å². The number of hydrogen-bond acceptors (Lipinski definition) is 3. The third kappa shape index (κ3) is 2.40. The summed E-state index contributed by atoms with van der Waals surface area (Å²) in [6.45, 7) is 0. The Labute approximate surface area is 101 Å². The van der Waals surface area contributed by atoms with E-state index in [9.17, 15) is 0 Å². The minimum atomic E-state index is -0.230. The van der Waals surface area contributed by atoms with Crippen molar-refractivity contribution in [1.82, 2.24) is 0 Å². The molecule has 0 aliphatic carbocycles. The number of rotatable bonds is 3. The molecule has 2 aromatic rings. The van der Waals surface area contributed by atoms with Gasteiger partial charge in [0.15, 0.2) is 0 Å². The van der Waals surface area contributed by atoms with Crippen molar-refractivity contribution in [2.75, 3.05) is 12.8 Å². The van der Waals surface area contributed by atoms with Gasteiger partial charge in [-0.1, -0.05) is 30.3 Å². The summed E-state index contributed by atoms with van der Waals surface area (Å²) in [5, 5.41) is 0. The zero-order chi connectivity index (χ0) is 12.3. The van der Waals surface area contributed by atoms with Crippen LogP contribution in [0.15, 0.2) is 48.5 Å². The second kappa shape index (κ2) is 4.89. The molecule has 0 amide bonds. The largest absolute Gasteiger partial charge is 0.497 e. The molecule has 1 atom stereocenters. The molecular formula is C14H16N2O. The van der Waals surface area contributed by atoms with Gasteiger partial charge in [0, 0.05) is 5.69 Å². The van der Waals surface area contributed by atoms with Crippen molar-refractivity contribution >= 4 is 5.69 Å². The summed E-state index contributed by atoms with van der Waals surface area (Å²) in [4.78, 5) is 0. The first kappa shape index (κ1) is 11.5. The lowest BCUT2D eigenvalue weighted by atomic mass is 9.98. The van der Waals surface area contributed by atoms with Crippen molar-refractivity contribution in [3.05, 3.63) is 59.7 Å². The monoisotopic (exact) mass is 228 g/mol. The van der Waals surface area contributed by atoms with E-state index in [0.29, 0.717) is 5.69 Å². The Hall–Kier alpha value is -2.00. The molecule has 0 radical (unpaired) electrons. The summed E-state index contributed by atoms with van der Waals surface area (Å²) in [7, 11) is 1.63. The van der Waals surface area contributed by atoms with Gasteiger partial charge >= 0.3 is 0 Å². The molecule has 3 nitrogen and oxygen atoms in total. The Balaban J connectivity index is 2.40. The van der Waals surface area contributed by atoms with Gasteiger partial charge in [0.25, 0.3) is 0 Å². The Morgan fingerprint density at radius 2 is 1.76 bits per heavy atom. The van der Waals surface area contributed by atoms with Gasteiger partial charge in [-0.25, -0.2) is 0 Å². The molecule has 0 saturated carbocycles. The van der Waals surface area contributed by atoms with Crippen molar-refractivity contribution < 1.29 is 4.74 Å². The molecule has 88 valence electrons. The fraction of sp³-hybridized carbons (Fsp3) is 0.143. The number of methoxy groups -OCH3 is 1. The predicted octanol–water partition coefficient (Wildman–Crippen LogP) is 2.33. The van der Waals surface area contributed by atoms with Crippen LogP contribution in [0.25, 0.3) is 0 Å². The van der Waals surface area contributed by atoms with Gasteiger partial charge in [-0.15, -0.1) is 0 Å².